The van der Waals surface area contributed by atoms with Gasteiger partial charge in [0.1, 0.15) is 16.5 Å². The number of hydrogen-bond donors (Lipinski definition) is 2. The number of aromatic nitrogens is 1. The summed E-state index contributed by atoms with van der Waals surface area (Å²) in [5, 5.41) is 9.04. The molecule has 9 heteroatoms. The van der Waals surface area contributed by atoms with E-state index in [1.54, 1.807) is 18.4 Å². The maximum atomic E-state index is 14.5. The molecular weight excluding hydrogens is 580 g/mol. The number of rotatable bonds is 10. The Morgan fingerprint density at radius 3 is 2.63 bits per heavy atom. The molecule has 3 aliphatic rings. The molecular formula is C34H41ClN4O3S. The predicted molar refractivity (Wildman–Crippen MR) is 173 cm³/mol. The topological polar surface area (TPSA) is 75.7 Å². The van der Waals surface area contributed by atoms with Crippen LogP contribution in [0.5, 0.6) is 11.5 Å². The third-order valence-electron chi connectivity index (χ3n) is 8.89. The zero-order valence-electron chi connectivity index (χ0n) is 25.7. The lowest BCUT2D eigenvalue weighted by Crippen LogP contribution is -2.60. The molecule has 7 nitrogen and oxygen atoms in total. The summed E-state index contributed by atoms with van der Waals surface area (Å²) >= 11 is 8.05. The average Bonchev–Trinajstić information content (AvgIpc) is 3.76. The molecule has 2 fully saturated rings. The van der Waals surface area contributed by atoms with E-state index in [1.165, 1.54) is 4.88 Å². The minimum Gasteiger partial charge on any atom is -0.496 e. The van der Waals surface area contributed by atoms with Crippen LogP contribution in [-0.2, 0) is 17.8 Å². The van der Waals surface area contributed by atoms with Crippen molar-refractivity contribution in [2.45, 2.75) is 78.0 Å². The second kappa shape index (κ2) is 12.6. The number of nitrogens with one attached hydrogen (secondary N) is 2. The van der Waals surface area contributed by atoms with E-state index < -0.39 is 0 Å². The van der Waals surface area contributed by atoms with Gasteiger partial charge in [-0.25, -0.2) is 4.98 Å². The Hall–Kier alpha value is -2.91. The van der Waals surface area contributed by atoms with Crippen molar-refractivity contribution >= 4 is 34.4 Å². The number of fused-ring (bicyclic) bond motifs is 2. The van der Waals surface area contributed by atoms with Crippen LogP contribution in [0.2, 0.25) is 5.02 Å². The fraction of sp³-hybridized carbons (Fsp3) is 0.471. The quantitative estimate of drug-likeness (QED) is 0.292. The standard InChI is InChI=1S/C34H41ClN4O3S/c1-19-13-26(14-20(2)32(19)35)42-12-11-30-22(4)37-33(43-30)27-15-24-16-36-17-28(38-24)31(27)34(40)39(25-9-10-25)18-23-7-6-8-29(41-5)21(23)3/h6-8,13-14,24-25,28,36,38H,9-12,15-18H2,1-5H3/t24-,28-/m1/s1. The SMILES string of the molecule is COc1cccc(CN(C(=O)C2=C(c3nc(C)c(CCOc4cc(C)c(Cl)c(C)c4)s3)C[C@@H]3CNC[C@H]2N3)C2CC2)c1C. The van der Waals surface area contributed by atoms with Gasteiger partial charge in [0.25, 0.3) is 5.91 Å². The highest BCUT2D eigenvalue weighted by Gasteiger charge is 2.41. The van der Waals surface area contributed by atoms with Gasteiger partial charge in [-0.05, 0) is 93.0 Å². The number of carbonyl (C=O) groups is 1. The largest absolute Gasteiger partial charge is 0.496 e. The molecule has 1 saturated heterocycles. The summed E-state index contributed by atoms with van der Waals surface area (Å²) in [4.78, 5) is 22.9. The number of hydrogen-bond acceptors (Lipinski definition) is 7. The maximum absolute atomic E-state index is 14.5. The zero-order chi connectivity index (χ0) is 30.2. The van der Waals surface area contributed by atoms with Gasteiger partial charge in [0.2, 0.25) is 0 Å². The van der Waals surface area contributed by atoms with Crippen molar-refractivity contribution in [3.8, 4) is 11.5 Å². The molecule has 2 bridgehead atoms. The fourth-order valence-corrected chi connectivity index (χ4v) is 7.57. The van der Waals surface area contributed by atoms with Crippen molar-refractivity contribution in [2.75, 3.05) is 26.8 Å². The molecule has 2 N–H and O–H groups in total. The van der Waals surface area contributed by atoms with Crippen LogP contribution in [0.1, 0.15) is 57.1 Å². The van der Waals surface area contributed by atoms with E-state index >= 15 is 0 Å². The molecule has 43 heavy (non-hydrogen) atoms. The molecule has 1 saturated carbocycles. The molecule has 0 spiro atoms. The summed E-state index contributed by atoms with van der Waals surface area (Å²) in [6, 6.07) is 10.6. The summed E-state index contributed by atoms with van der Waals surface area (Å²) in [7, 11) is 1.70. The highest BCUT2D eigenvalue weighted by molar-refractivity contribution is 7.12. The average molecular weight is 621 g/mol. The summed E-state index contributed by atoms with van der Waals surface area (Å²) in [5.41, 5.74) is 7.25. The lowest BCUT2D eigenvalue weighted by atomic mass is 9.87. The first kappa shape index (κ1) is 30.1. The van der Waals surface area contributed by atoms with Gasteiger partial charge in [0.05, 0.1) is 25.5 Å². The van der Waals surface area contributed by atoms with Crippen LogP contribution in [0, 0.1) is 27.7 Å². The van der Waals surface area contributed by atoms with Crippen LogP contribution < -0.4 is 20.1 Å². The van der Waals surface area contributed by atoms with E-state index in [0.29, 0.717) is 13.2 Å². The number of nitrogens with zero attached hydrogens (tertiary/aromatic N) is 2. The summed E-state index contributed by atoms with van der Waals surface area (Å²) in [5.74, 6) is 1.82. The molecule has 2 atom stereocenters. The van der Waals surface area contributed by atoms with Crippen molar-refractivity contribution in [3.05, 3.63) is 78.8 Å². The number of thiazole rings is 1. The monoisotopic (exact) mass is 620 g/mol. The molecule has 228 valence electrons. The normalized spacial score (nSPS) is 19.9. The molecule has 3 aromatic rings. The van der Waals surface area contributed by atoms with E-state index in [9.17, 15) is 4.79 Å². The third kappa shape index (κ3) is 6.34. The predicted octanol–water partition coefficient (Wildman–Crippen LogP) is 5.94. The van der Waals surface area contributed by atoms with Crippen LogP contribution in [0.4, 0.5) is 0 Å². The van der Waals surface area contributed by atoms with E-state index in [2.05, 4.69) is 35.4 Å². The Labute approximate surface area is 263 Å². The second-order valence-corrected chi connectivity index (χ2v) is 13.5. The van der Waals surface area contributed by atoms with E-state index in [0.717, 1.165) is 99.4 Å². The molecule has 2 aliphatic heterocycles. The third-order valence-corrected chi connectivity index (χ3v) is 10.8. The van der Waals surface area contributed by atoms with Crippen molar-refractivity contribution in [3.63, 3.8) is 0 Å². The summed E-state index contributed by atoms with van der Waals surface area (Å²) < 4.78 is 11.7. The molecule has 1 aliphatic carbocycles. The Morgan fingerprint density at radius 2 is 1.91 bits per heavy atom. The van der Waals surface area contributed by atoms with Gasteiger partial charge < -0.3 is 25.0 Å². The number of amides is 1. The molecule has 1 aromatic heterocycles. The van der Waals surface area contributed by atoms with E-state index in [-0.39, 0.29) is 24.0 Å². The van der Waals surface area contributed by atoms with Gasteiger partial charge in [-0.3, -0.25) is 4.79 Å². The van der Waals surface area contributed by atoms with Crippen LogP contribution in [0.25, 0.3) is 5.57 Å². The number of carbonyl (C=O) groups excluding carboxylic acids is 1. The molecule has 1 amide bonds. The number of aryl methyl sites for hydroxylation is 3. The molecule has 3 heterocycles. The highest BCUT2D eigenvalue weighted by atomic mass is 35.5. The number of halogens is 1. The molecule has 6 rings (SSSR count). The minimum absolute atomic E-state index is 0.0324. The first-order chi connectivity index (χ1) is 20.7. The second-order valence-electron chi connectivity index (χ2n) is 12.1. The fourth-order valence-electron chi connectivity index (χ4n) is 6.35. The Morgan fingerprint density at radius 1 is 1.14 bits per heavy atom. The zero-order valence-corrected chi connectivity index (χ0v) is 27.3. The summed E-state index contributed by atoms with van der Waals surface area (Å²) in [6.07, 6.45) is 3.64. The van der Waals surface area contributed by atoms with E-state index in [4.69, 9.17) is 26.1 Å². The first-order valence-corrected chi connectivity index (χ1v) is 16.4. The van der Waals surface area contributed by atoms with Gasteiger partial charge in [0, 0.05) is 53.6 Å². The highest BCUT2D eigenvalue weighted by Crippen LogP contribution is 2.39. The number of piperazine rings is 1. The van der Waals surface area contributed by atoms with Crippen molar-refractivity contribution < 1.29 is 14.3 Å². The van der Waals surface area contributed by atoms with Gasteiger partial charge >= 0.3 is 0 Å². The van der Waals surface area contributed by atoms with Gasteiger partial charge in [0.15, 0.2) is 0 Å². The van der Waals surface area contributed by atoms with Gasteiger partial charge in [-0.1, -0.05) is 23.7 Å². The van der Waals surface area contributed by atoms with Crippen LogP contribution in [0.15, 0.2) is 35.9 Å². The molecule has 2 aromatic carbocycles. The van der Waals surface area contributed by atoms with Crippen molar-refractivity contribution in [1.29, 1.82) is 0 Å². The van der Waals surface area contributed by atoms with Crippen LogP contribution >= 0.6 is 22.9 Å². The summed E-state index contributed by atoms with van der Waals surface area (Å²) in [6.45, 7) is 10.9. The minimum atomic E-state index is -0.0324. The van der Waals surface area contributed by atoms with Gasteiger partial charge in [-0.2, -0.15) is 0 Å². The van der Waals surface area contributed by atoms with Crippen LogP contribution in [-0.4, -0.2) is 60.7 Å². The molecule has 0 radical (unpaired) electrons. The number of methoxy groups -OCH3 is 1. The first-order valence-electron chi connectivity index (χ1n) is 15.2. The van der Waals surface area contributed by atoms with Crippen LogP contribution in [0.3, 0.4) is 0 Å². The van der Waals surface area contributed by atoms with Crippen molar-refractivity contribution in [1.82, 2.24) is 20.5 Å². The number of benzene rings is 2. The van der Waals surface area contributed by atoms with Crippen molar-refractivity contribution in [2.24, 2.45) is 0 Å². The number of ether oxygens (including phenoxy) is 2. The Balaban J connectivity index is 1.27. The lowest BCUT2D eigenvalue weighted by molar-refractivity contribution is -0.128. The van der Waals surface area contributed by atoms with E-state index in [1.807, 2.05) is 38.1 Å². The van der Waals surface area contributed by atoms with Gasteiger partial charge in [-0.15, -0.1) is 11.3 Å². The molecule has 0 unspecified atom stereocenters. The Kier molecular flexibility index (Phi) is 8.83. The Bertz CT molecular complexity index is 1540. The lowest BCUT2D eigenvalue weighted by Gasteiger charge is -2.40. The maximum Gasteiger partial charge on any atom is 0.252 e. The smallest absolute Gasteiger partial charge is 0.252 e.